The number of hydrogen-bond donors (Lipinski definition) is 2. The van der Waals surface area contributed by atoms with Gasteiger partial charge in [-0.05, 0) is 6.07 Å². The average Bonchev–Trinajstić information content (AvgIpc) is 2.47. The minimum atomic E-state index is -0.623. The van der Waals surface area contributed by atoms with E-state index in [4.69, 9.17) is 0 Å². The van der Waals surface area contributed by atoms with Gasteiger partial charge in [-0.2, -0.15) is 0 Å². The summed E-state index contributed by atoms with van der Waals surface area (Å²) in [5.41, 5.74) is -0.239. The summed E-state index contributed by atoms with van der Waals surface area (Å²) in [6.45, 7) is 0. The molecule has 0 bridgehead atoms. The Morgan fingerprint density at radius 3 is 2.60 bits per heavy atom. The second-order valence-electron chi connectivity index (χ2n) is 3.62. The molecule has 2 aromatic heterocycles. The van der Waals surface area contributed by atoms with E-state index < -0.39 is 10.8 Å². The molecule has 2 rings (SSSR count). The molecule has 2 heterocycles. The third-order valence-electron chi connectivity index (χ3n) is 2.36. The van der Waals surface area contributed by atoms with Gasteiger partial charge in [-0.3, -0.25) is 20.2 Å². The number of nitrogens with one attached hydrogen (secondary N) is 2. The molecule has 102 valence electrons. The van der Waals surface area contributed by atoms with Crippen LogP contribution in [0.4, 0.5) is 17.5 Å². The fraction of sp³-hybridized carbons (Fsp3) is 0.0909. The Morgan fingerprint density at radius 2 is 2.00 bits per heavy atom. The third kappa shape index (κ3) is 2.83. The number of hydrogen-bond acceptors (Lipinski definition) is 7. The first-order valence-corrected chi connectivity index (χ1v) is 5.52. The van der Waals surface area contributed by atoms with Gasteiger partial charge in [0.05, 0.1) is 10.5 Å². The van der Waals surface area contributed by atoms with Gasteiger partial charge in [-0.25, -0.2) is 15.0 Å². The van der Waals surface area contributed by atoms with E-state index >= 15 is 0 Å². The molecule has 2 N–H and O–H groups in total. The highest BCUT2D eigenvalue weighted by Gasteiger charge is 2.18. The quantitative estimate of drug-likeness (QED) is 0.631. The molecular formula is C11H10N6O3. The summed E-state index contributed by atoms with van der Waals surface area (Å²) in [6.07, 6.45) is 4.00. The smallest absolute Gasteiger partial charge is 0.288 e. The number of carbonyl (C=O) groups excluding carboxylic acids is 1. The summed E-state index contributed by atoms with van der Waals surface area (Å²) in [5, 5.41) is 15.9. The van der Waals surface area contributed by atoms with Crippen molar-refractivity contribution in [3.8, 4) is 0 Å². The number of amides is 1. The zero-order chi connectivity index (χ0) is 14.5. The Hall–Kier alpha value is -3.10. The maximum atomic E-state index is 12.1. The highest BCUT2D eigenvalue weighted by Crippen LogP contribution is 2.19. The van der Waals surface area contributed by atoms with Crippen molar-refractivity contribution in [2.75, 3.05) is 17.7 Å². The van der Waals surface area contributed by atoms with Crippen LogP contribution in [0.3, 0.4) is 0 Å². The summed E-state index contributed by atoms with van der Waals surface area (Å²) in [5.74, 6) is -0.258. The summed E-state index contributed by atoms with van der Waals surface area (Å²) >= 11 is 0. The number of carbonyl (C=O) groups is 1. The van der Waals surface area contributed by atoms with Crippen LogP contribution >= 0.6 is 0 Å². The minimum Gasteiger partial charge on any atom is -0.372 e. The van der Waals surface area contributed by atoms with Crippen LogP contribution in [0.15, 0.2) is 30.7 Å². The highest BCUT2D eigenvalue weighted by molar-refractivity contribution is 6.07. The summed E-state index contributed by atoms with van der Waals surface area (Å²) in [7, 11) is 1.56. The average molecular weight is 274 g/mol. The zero-order valence-corrected chi connectivity index (χ0v) is 10.4. The van der Waals surface area contributed by atoms with Gasteiger partial charge in [0.15, 0.2) is 0 Å². The van der Waals surface area contributed by atoms with Crippen LogP contribution < -0.4 is 10.6 Å². The Bertz CT molecular complexity index is 646. The van der Waals surface area contributed by atoms with Crippen LogP contribution in [-0.2, 0) is 0 Å². The number of aromatic nitrogens is 3. The van der Waals surface area contributed by atoms with E-state index in [0.29, 0.717) is 0 Å². The molecule has 0 saturated heterocycles. The lowest BCUT2D eigenvalue weighted by Gasteiger charge is -2.07. The molecule has 0 fully saturated rings. The predicted molar refractivity (Wildman–Crippen MR) is 70.4 cm³/mol. The van der Waals surface area contributed by atoms with Crippen molar-refractivity contribution in [3.05, 3.63) is 46.4 Å². The van der Waals surface area contributed by atoms with Gasteiger partial charge >= 0.3 is 0 Å². The third-order valence-corrected chi connectivity index (χ3v) is 2.36. The molecule has 0 spiro atoms. The fourth-order valence-corrected chi connectivity index (χ4v) is 1.46. The standard InChI is InChI=1S/C11H10N6O3/c1-12-9-8(5-7(6-15-9)17(19)20)10(18)16-11-13-3-2-4-14-11/h2-6H,1H3,(H,12,15)(H,13,14,16,18). The second-order valence-corrected chi connectivity index (χ2v) is 3.62. The Kier molecular flexibility index (Phi) is 3.80. The molecule has 0 unspecified atom stereocenters. The maximum absolute atomic E-state index is 12.1. The Balaban J connectivity index is 2.32. The van der Waals surface area contributed by atoms with Crippen molar-refractivity contribution in [3.63, 3.8) is 0 Å². The van der Waals surface area contributed by atoms with Crippen LogP contribution in [0.2, 0.25) is 0 Å². The molecule has 0 saturated carbocycles. The van der Waals surface area contributed by atoms with E-state index in [1.165, 1.54) is 12.4 Å². The molecule has 0 radical (unpaired) electrons. The fourth-order valence-electron chi connectivity index (χ4n) is 1.46. The SMILES string of the molecule is CNc1ncc([N+](=O)[O-])cc1C(=O)Nc1ncccn1. The van der Waals surface area contributed by atoms with Crippen LogP contribution in [0.25, 0.3) is 0 Å². The van der Waals surface area contributed by atoms with E-state index in [9.17, 15) is 14.9 Å². The van der Waals surface area contributed by atoms with E-state index in [2.05, 4.69) is 25.6 Å². The number of anilines is 2. The number of pyridine rings is 1. The van der Waals surface area contributed by atoms with Gasteiger partial charge in [0, 0.05) is 25.5 Å². The second kappa shape index (κ2) is 5.69. The van der Waals surface area contributed by atoms with Crippen LogP contribution in [0.5, 0.6) is 0 Å². The largest absolute Gasteiger partial charge is 0.372 e. The van der Waals surface area contributed by atoms with E-state index in [-0.39, 0.29) is 23.0 Å². The molecule has 2 aromatic rings. The molecule has 0 aliphatic rings. The van der Waals surface area contributed by atoms with Crippen LogP contribution in [-0.4, -0.2) is 32.8 Å². The molecule has 0 aliphatic heterocycles. The first kappa shape index (κ1) is 13.3. The van der Waals surface area contributed by atoms with Crippen molar-refractivity contribution < 1.29 is 9.72 Å². The Labute approximate surface area is 113 Å². The molecule has 1 amide bonds. The van der Waals surface area contributed by atoms with Gasteiger partial charge in [0.2, 0.25) is 5.95 Å². The Morgan fingerprint density at radius 1 is 1.30 bits per heavy atom. The first-order chi connectivity index (χ1) is 9.61. The van der Waals surface area contributed by atoms with Crippen molar-refractivity contribution in [1.82, 2.24) is 15.0 Å². The van der Waals surface area contributed by atoms with Crippen molar-refractivity contribution in [2.24, 2.45) is 0 Å². The topological polar surface area (TPSA) is 123 Å². The van der Waals surface area contributed by atoms with Crippen molar-refractivity contribution in [2.45, 2.75) is 0 Å². The van der Waals surface area contributed by atoms with E-state index in [1.54, 1.807) is 13.1 Å². The van der Waals surface area contributed by atoms with Gasteiger partial charge in [-0.1, -0.05) is 0 Å². The van der Waals surface area contributed by atoms with E-state index in [0.717, 1.165) is 12.3 Å². The molecule has 0 aliphatic carbocycles. The monoisotopic (exact) mass is 274 g/mol. The molecule has 9 heteroatoms. The molecular weight excluding hydrogens is 264 g/mol. The summed E-state index contributed by atoms with van der Waals surface area (Å²) in [6, 6.07) is 2.74. The van der Waals surface area contributed by atoms with Crippen molar-refractivity contribution in [1.29, 1.82) is 0 Å². The summed E-state index contributed by atoms with van der Waals surface area (Å²) in [4.78, 5) is 33.7. The molecule has 0 aromatic carbocycles. The number of nitro groups is 1. The molecule has 0 atom stereocenters. The van der Waals surface area contributed by atoms with Gasteiger partial charge in [0.1, 0.15) is 12.0 Å². The molecule has 9 nitrogen and oxygen atoms in total. The summed E-state index contributed by atoms with van der Waals surface area (Å²) < 4.78 is 0. The maximum Gasteiger partial charge on any atom is 0.288 e. The molecule has 20 heavy (non-hydrogen) atoms. The van der Waals surface area contributed by atoms with Gasteiger partial charge < -0.3 is 5.32 Å². The van der Waals surface area contributed by atoms with Crippen LogP contribution in [0.1, 0.15) is 10.4 Å². The first-order valence-electron chi connectivity index (χ1n) is 5.52. The highest BCUT2D eigenvalue weighted by atomic mass is 16.6. The van der Waals surface area contributed by atoms with E-state index in [1.807, 2.05) is 0 Å². The van der Waals surface area contributed by atoms with Gasteiger partial charge in [0.25, 0.3) is 11.6 Å². The predicted octanol–water partition coefficient (Wildman–Crippen LogP) is 1.07. The zero-order valence-electron chi connectivity index (χ0n) is 10.4. The van der Waals surface area contributed by atoms with Crippen LogP contribution in [0, 0.1) is 10.1 Å². The van der Waals surface area contributed by atoms with Gasteiger partial charge in [-0.15, -0.1) is 0 Å². The number of rotatable bonds is 4. The number of nitrogens with zero attached hydrogens (tertiary/aromatic N) is 4. The lowest BCUT2D eigenvalue weighted by molar-refractivity contribution is -0.385. The minimum absolute atomic E-state index is 0.0363. The lowest BCUT2D eigenvalue weighted by Crippen LogP contribution is -2.16. The lowest BCUT2D eigenvalue weighted by atomic mass is 10.2. The van der Waals surface area contributed by atoms with Crippen molar-refractivity contribution >= 4 is 23.4 Å². The normalized spacial score (nSPS) is 9.85.